The summed E-state index contributed by atoms with van der Waals surface area (Å²) >= 11 is 1.50. The van der Waals surface area contributed by atoms with E-state index in [1.807, 2.05) is 60.7 Å². The normalized spacial score (nSPS) is 10.1. The Kier molecular flexibility index (Phi) is 8.41. The lowest BCUT2D eigenvalue weighted by atomic mass is 9.99. The second kappa shape index (κ2) is 11.7. The molecule has 0 aliphatic carbocycles. The van der Waals surface area contributed by atoms with E-state index in [0.29, 0.717) is 11.1 Å². The van der Waals surface area contributed by atoms with E-state index in [-0.39, 0.29) is 25.3 Å². The fraction of sp³-hybridized carbons (Fsp3) is 0.200. The number of rotatable bonds is 9. The van der Waals surface area contributed by atoms with Gasteiger partial charge in [-0.05, 0) is 47.7 Å². The molecule has 168 valence electrons. The zero-order valence-electron chi connectivity index (χ0n) is 18.4. The van der Waals surface area contributed by atoms with Crippen LogP contribution in [-0.4, -0.2) is 25.2 Å². The predicted molar refractivity (Wildman–Crippen MR) is 129 cm³/mol. The van der Waals surface area contributed by atoms with Crippen LogP contribution in [0.5, 0.6) is 0 Å². The van der Waals surface area contributed by atoms with Gasteiger partial charge in [0.1, 0.15) is 5.57 Å². The van der Waals surface area contributed by atoms with Crippen LogP contribution < -0.4 is 0 Å². The van der Waals surface area contributed by atoms with Gasteiger partial charge in [-0.1, -0.05) is 65.8 Å². The van der Waals surface area contributed by atoms with Crippen molar-refractivity contribution in [2.45, 2.75) is 20.4 Å². The molecule has 0 amide bonds. The monoisotopic (exact) mass is 461 g/mol. The van der Waals surface area contributed by atoms with Crippen LogP contribution >= 0.6 is 11.3 Å². The highest BCUT2D eigenvalue weighted by Crippen LogP contribution is 2.44. The molecule has 8 heteroatoms. The van der Waals surface area contributed by atoms with Gasteiger partial charge in [-0.3, -0.25) is 0 Å². The first-order valence-corrected chi connectivity index (χ1v) is 11.3. The lowest BCUT2D eigenvalue weighted by Gasteiger charge is -2.09. The minimum atomic E-state index is -0.767. The summed E-state index contributed by atoms with van der Waals surface area (Å²) in [5.41, 5.74) is 12.0. The van der Waals surface area contributed by atoms with E-state index in [4.69, 9.17) is 15.0 Å². The van der Waals surface area contributed by atoms with Crippen molar-refractivity contribution in [3.63, 3.8) is 0 Å². The predicted octanol–water partition coefficient (Wildman–Crippen LogP) is 6.40. The zero-order valence-corrected chi connectivity index (χ0v) is 19.2. The fourth-order valence-electron chi connectivity index (χ4n) is 3.28. The molecule has 33 heavy (non-hydrogen) atoms. The molecule has 0 N–H and O–H groups in total. The molecule has 1 aromatic heterocycles. The Labute approximate surface area is 195 Å². The molecule has 0 unspecified atom stereocenters. The summed E-state index contributed by atoms with van der Waals surface area (Å²) in [6.45, 7) is 3.62. The molecule has 0 fully saturated rings. The van der Waals surface area contributed by atoms with Crippen molar-refractivity contribution >= 4 is 29.4 Å². The Hall–Kier alpha value is -3.87. The van der Waals surface area contributed by atoms with Crippen LogP contribution in [0, 0.1) is 0 Å². The first-order chi connectivity index (χ1) is 16.1. The molecular formula is C25H23N3O4S. The number of carbonyl (C=O) groups is 2. The third kappa shape index (κ3) is 5.68. The van der Waals surface area contributed by atoms with E-state index in [1.54, 1.807) is 13.8 Å². The van der Waals surface area contributed by atoms with E-state index in [0.717, 1.165) is 20.9 Å². The summed E-state index contributed by atoms with van der Waals surface area (Å²) in [5, 5.41) is 3.79. The molecule has 2 aromatic carbocycles. The first-order valence-electron chi connectivity index (χ1n) is 10.4. The van der Waals surface area contributed by atoms with Gasteiger partial charge < -0.3 is 9.47 Å². The smallest absolute Gasteiger partial charge is 0.345 e. The van der Waals surface area contributed by atoms with Crippen LogP contribution in [0.1, 0.15) is 25.0 Å². The third-order valence-electron chi connectivity index (χ3n) is 4.69. The van der Waals surface area contributed by atoms with Crippen LogP contribution in [0.25, 0.3) is 37.4 Å². The molecule has 7 nitrogen and oxygen atoms in total. The molecule has 3 aromatic rings. The van der Waals surface area contributed by atoms with Crippen LogP contribution in [0.4, 0.5) is 0 Å². The maximum Gasteiger partial charge on any atom is 0.345 e. The first kappa shape index (κ1) is 23.8. The Balaban J connectivity index is 2.33. The van der Waals surface area contributed by atoms with Gasteiger partial charge in [0.05, 0.1) is 19.8 Å². The van der Waals surface area contributed by atoms with Gasteiger partial charge in [0.15, 0.2) is 0 Å². The highest BCUT2D eigenvalue weighted by atomic mass is 32.1. The molecule has 3 rings (SSSR count). The molecule has 0 aliphatic rings. The maximum absolute atomic E-state index is 12.6. The Morgan fingerprint density at radius 2 is 1.42 bits per heavy atom. The molecule has 0 atom stereocenters. The summed E-state index contributed by atoms with van der Waals surface area (Å²) in [5.74, 6) is -1.53. The van der Waals surface area contributed by atoms with Gasteiger partial charge in [0.25, 0.3) is 0 Å². The largest absolute Gasteiger partial charge is 0.462 e. The Bertz CT molecular complexity index is 1180. The lowest BCUT2D eigenvalue weighted by molar-refractivity contribution is -0.146. The van der Waals surface area contributed by atoms with E-state index < -0.39 is 11.9 Å². The van der Waals surface area contributed by atoms with Crippen LogP contribution in [0.2, 0.25) is 0 Å². The van der Waals surface area contributed by atoms with Crippen molar-refractivity contribution < 1.29 is 19.1 Å². The quantitative estimate of drug-likeness (QED) is 0.0699. The summed E-state index contributed by atoms with van der Waals surface area (Å²) in [6.07, 6.45) is 1.49. The van der Waals surface area contributed by atoms with Crippen molar-refractivity contribution in [2.75, 3.05) is 13.2 Å². The lowest BCUT2D eigenvalue weighted by Crippen LogP contribution is -2.18. The number of esters is 2. The van der Waals surface area contributed by atoms with Gasteiger partial charge in [-0.2, -0.15) is 0 Å². The van der Waals surface area contributed by atoms with E-state index >= 15 is 0 Å². The molecule has 0 bridgehead atoms. The fourth-order valence-corrected chi connectivity index (χ4v) is 4.58. The summed E-state index contributed by atoms with van der Waals surface area (Å²) in [7, 11) is 0. The highest BCUT2D eigenvalue weighted by molar-refractivity contribution is 7.19. The number of azide groups is 1. The molecule has 0 radical (unpaired) electrons. The molecular weight excluding hydrogens is 438 g/mol. The average Bonchev–Trinajstić information content (AvgIpc) is 3.20. The van der Waals surface area contributed by atoms with Crippen molar-refractivity contribution in [3.8, 4) is 20.9 Å². The molecule has 1 heterocycles. The van der Waals surface area contributed by atoms with Crippen molar-refractivity contribution in [1.29, 1.82) is 0 Å². The highest BCUT2D eigenvalue weighted by Gasteiger charge is 2.25. The molecule has 0 saturated carbocycles. The van der Waals surface area contributed by atoms with Gasteiger partial charge in [0.2, 0.25) is 0 Å². The Morgan fingerprint density at radius 1 is 0.909 bits per heavy atom. The minimum absolute atomic E-state index is 0.0504. The van der Waals surface area contributed by atoms with E-state index in [2.05, 4.69) is 10.0 Å². The number of benzene rings is 2. The van der Waals surface area contributed by atoms with Crippen LogP contribution in [-0.2, 0) is 25.6 Å². The van der Waals surface area contributed by atoms with Crippen LogP contribution in [0.15, 0.2) is 71.4 Å². The van der Waals surface area contributed by atoms with Crippen LogP contribution in [0.3, 0.4) is 0 Å². The number of ether oxygens (including phenoxy) is 2. The van der Waals surface area contributed by atoms with Gasteiger partial charge in [-0.15, -0.1) is 11.3 Å². The second-order valence-corrected chi connectivity index (χ2v) is 7.79. The summed E-state index contributed by atoms with van der Waals surface area (Å²) in [4.78, 5) is 29.9. The maximum atomic E-state index is 12.6. The van der Waals surface area contributed by atoms with E-state index in [1.165, 1.54) is 17.4 Å². The van der Waals surface area contributed by atoms with Gasteiger partial charge in [0, 0.05) is 14.7 Å². The number of thiophene rings is 1. The summed E-state index contributed by atoms with van der Waals surface area (Å²) in [6, 6.07) is 19.3. The van der Waals surface area contributed by atoms with E-state index in [9.17, 15) is 9.59 Å². The number of nitrogens with zero attached hydrogens (tertiary/aromatic N) is 3. The zero-order chi connectivity index (χ0) is 23.6. The topological polar surface area (TPSA) is 101 Å². The standard InChI is InChI=1S/C25H23N3O4S/c1-3-31-24(29)20(25(30)32-4-2)15-19-21(16-27-28-26)23(18-13-9-6-10-14-18)33-22(19)17-11-7-5-8-12-17/h5-15H,3-4,16H2,1-2H3. The number of hydrogen-bond acceptors (Lipinski definition) is 6. The minimum Gasteiger partial charge on any atom is -0.462 e. The second-order valence-electron chi connectivity index (χ2n) is 6.77. The average molecular weight is 462 g/mol. The summed E-state index contributed by atoms with van der Waals surface area (Å²) < 4.78 is 10.2. The van der Waals surface area contributed by atoms with Crippen molar-refractivity contribution in [2.24, 2.45) is 5.11 Å². The van der Waals surface area contributed by atoms with Crippen molar-refractivity contribution in [3.05, 3.63) is 87.8 Å². The molecule has 0 aliphatic heterocycles. The van der Waals surface area contributed by atoms with Gasteiger partial charge >= 0.3 is 11.9 Å². The van der Waals surface area contributed by atoms with Crippen molar-refractivity contribution in [1.82, 2.24) is 0 Å². The number of carbonyl (C=O) groups excluding carboxylic acids is 2. The Morgan fingerprint density at radius 3 is 1.91 bits per heavy atom. The third-order valence-corrected chi connectivity index (χ3v) is 6.04. The molecule has 0 saturated heterocycles. The SMILES string of the molecule is CCOC(=O)C(=Cc1c(-c2ccccc2)sc(-c2ccccc2)c1CN=[N+]=[N-])C(=O)OCC. The number of hydrogen-bond donors (Lipinski definition) is 0. The molecule has 0 spiro atoms. The van der Waals surface area contributed by atoms with Gasteiger partial charge in [-0.25, -0.2) is 9.59 Å².